The lowest BCUT2D eigenvalue weighted by Gasteiger charge is -2.03. The Labute approximate surface area is 128 Å². The van der Waals surface area contributed by atoms with E-state index in [1.807, 2.05) is 12.1 Å². The van der Waals surface area contributed by atoms with Gasteiger partial charge in [0.25, 0.3) is 0 Å². The average molecular weight is 348 g/mol. The van der Waals surface area contributed by atoms with Gasteiger partial charge in [0.2, 0.25) is 5.89 Å². The standard InChI is InChI=1S/C15H10BrNO4/c1-20-12-4-2-8(6-10(12)16)14-17-11-7-9(15(18)19)3-5-13(11)21-14/h2-7H,1H3,(H,18,19). The van der Waals surface area contributed by atoms with Crippen molar-refractivity contribution in [1.82, 2.24) is 4.98 Å². The smallest absolute Gasteiger partial charge is 0.335 e. The number of hydrogen-bond acceptors (Lipinski definition) is 4. The van der Waals surface area contributed by atoms with Crippen LogP contribution in [0.3, 0.4) is 0 Å². The zero-order valence-corrected chi connectivity index (χ0v) is 12.5. The van der Waals surface area contributed by atoms with Crippen LogP contribution in [0.2, 0.25) is 0 Å². The first-order valence-corrected chi connectivity index (χ1v) is 6.85. The number of halogens is 1. The Kier molecular flexibility index (Phi) is 3.39. The van der Waals surface area contributed by atoms with Gasteiger partial charge in [0, 0.05) is 5.56 Å². The molecule has 0 amide bonds. The zero-order chi connectivity index (χ0) is 15.0. The van der Waals surface area contributed by atoms with Gasteiger partial charge in [0.15, 0.2) is 5.58 Å². The monoisotopic (exact) mass is 347 g/mol. The Morgan fingerprint density at radius 1 is 1.29 bits per heavy atom. The Balaban J connectivity index is 2.08. The Morgan fingerprint density at radius 2 is 2.10 bits per heavy atom. The van der Waals surface area contributed by atoms with Gasteiger partial charge < -0.3 is 14.3 Å². The van der Waals surface area contributed by atoms with Crippen LogP contribution in [0.25, 0.3) is 22.6 Å². The molecular weight excluding hydrogens is 338 g/mol. The minimum atomic E-state index is -0.992. The van der Waals surface area contributed by atoms with Gasteiger partial charge in [0.05, 0.1) is 17.1 Å². The Morgan fingerprint density at radius 3 is 2.76 bits per heavy atom. The van der Waals surface area contributed by atoms with Crippen LogP contribution in [-0.4, -0.2) is 23.2 Å². The quantitative estimate of drug-likeness (QED) is 0.776. The van der Waals surface area contributed by atoms with Crippen molar-refractivity contribution in [3.63, 3.8) is 0 Å². The fraction of sp³-hybridized carbons (Fsp3) is 0.0667. The van der Waals surface area contributed by atoms with Crippen LogP contribution >= 0.6 is 15.9 Å². The maximum absolute atomic E-state index is 11.0. The molecule has 0 unspecified atom stereocenters. The van der Waals surface area contributed by atoms with Crippen molar-refractivity contribution in [2.45, 2.75) is 0 Å². The number of carboxylic acids is 1. The van der Waals surface area contributed by atoms with Crippen LogP contribution in [0.1, 0.15) is 10.4 Å². The van der Waals surface area contributed by atoms with E-state index in [-0.39, 0.29) is 5.56 Å². The molecule has 0 atom stereocenters. The lowest BCUT2D eigenvalue weighted by atomic mass is 10.2. The second-order valence-corrected chi connectivity index (χ2v) is 5.21. The van der Waals surface area contributed by atoms with Gasteiger partial charge >= 0.3 is 5.97 Å². The molecule has 0 aliphatic heterocycles. The Bertz CT molecular complexity index is 841. The molecule has 0 spiro atoms. The number of ether oxygens (including phenoxy) is 1. The number of oxazole rings is 1. The summed E-state index contributed by atoms with van der Waals surface area (Å²) in [7, 11) is 1.59. The number of methoxy groups -OCH3 is 1. The van der Waals surface area contributed by atoms with Crippen molar-refractivity contribution in [3.05, 3.63) is 46.4 Å². The first-order chi connectivity index (χ1) is 10.1. The summed E-state index contributed by atoms with van der Waals surface area (Å²) in [5.74, 6) is 0.146. The zero-order valence-electron chi connectivity index (χ0n) is 11.0. The van der Waals surface area contributed by atoms with Crippen molar-refractivity contribution in [3.8, 4) is 17.2 Å². The molecule has 0 aliphatic carbocycles. The van der Waals surface area contributed by atoms with Gasteiger partial charge in [-0.05, 0) is 52.3 Å². The van der Waals surface area contributed by atoms with Gasteiger partial charge in [-0.1, -0.05) is 0 Å². The van der Waals surface area contributed by atoms with Crippen molar-refractivity contribution in [2.75, 3.05) is 7.11 Å². The molecule has 0 saturated carbocycles. The van der Waals surface area contributed by atoms with E-state index in [9.17, 15) is 4.79 Å². The molecular formula is C15H10BrNO4. The van der Waals surface area contributed by atoms with E-state index in [0.717, 1.165) is 10.0 Å². The largest absolute Gasteiger partial charge is 0.496 e. The first kappa shape index (κ1) is 13.6. The third-order valence-corrected chi connectivity index (χ3v) is 3.65. The highest BCUT2D eigenvalue weighted by atomic mass is 79.9. The lowest BCUT2D eigenvalue weighted by molar-refractivity contribution is 0.0697. The summed E-state index contributed by atoms with van der Waals surface area (Å²) in [4.78, 5) is 15.3. The number of aromatic carboxylic acids is 1. The van der Waals surface area contributed by atoms with E-state index in [4.69, 9.17) is 14.3 Å². The van der Waals surface area contributed by atoms with Crippen LogP contribution in [0.15, 0.2) is 45.3 Å². The van der Waals surface area contributed by atoms with Crippen molar-refractivity contribution in [1.29, 1.82) is 0 Å². The number of carbonyl (C=O) groups is 1. The van der Waals surface area contributed by atoms with E-state index >= 15 is 0 Å². The van der Waals surface area contributed by atoms with Gasteiger partial charge in [-0.2, -0.15) is 0 Å². The molecule has 21 heavy (non-hydrogen) atoms. The van der Waals surface area contributed by atoms with E-state index in [1.165, 1.54) is 12.1 Å². The van der Waals surface area contributed by atoms with Crippen LogP contribution < -0.4 is 4.74 Å². The van der Waals surface area contributed by atoms with Crippen LogP contribution in [-0.2, 0) is 0 Å². The van der Waals surface area contributed by atoms with Gasteiger partial charge in [-0.25, -0.2) is 9.78 Å². The molecule has 0 saturated heterocycles. The molecule has 2 aromatic carbocycles. The van der Waals surface area contributed by atoms with E-state index in [2.05, 4.69) is 20.9 Å². The van der Waals surface area contributed by atoms with Gasteiger partial charge in [-0.3, -0.25) is 0 Å². The summed E-state index contributed by atoms with van der Waals surface area (Å²) in [6.07, 6.45) is 0. The minimum Gasteiger partial charge on any atom is -0.496 e. The average Bonchev–Trinajstić information content (AvgIpc) is 2.89. The second-order valence-electron chi connectivity index (χ2n) is 4.36. The normalized spacial score (nSPS) is 10.8. The summed E-state index contributed by atoms with van der Waals surface area (Å²) >= 11 is 3.41. The molecule has 0 bridgehead atoms. The first-order valence-electron chi connectivity index (χ1n) is 6.06. The van der Waals surface area contributed by atoms with Gasteiger partial charge in [0.1, 0.15) is 11.3 Å². The highest BCUT2D eigenvalue weighted by Crippen LogP contribution is 2.31. The molecule has 3 rings (SSSR count). The van der Waals surface area contributed by atoms with E-state index in [0.29, 0.717) is 22.7 Å². The summed E-state index contributed by atoms with van der Waals surface area (Å²) in [5, 5.41) is 8.98. The van der Waals surface area contributed by atoms with Gasteiger partial charge in [-0.15, -0.1) is 0 Å². The predicted octanol–water partition coefficient (Wildman–Crippen LogP) is 3.96. The highest BCUT2D eigenvalue weighted by Gasteiger charge is 2.12. The molecule has 0 fully saturated rings. The van der Waals surface area contributed by atoms with Crippen molar-refractivity contribution < 1.29 is 19.1 Å². The van der Waals surface area contributed by atoms with Crippen molar-refractivity contribution in [2.24, 2.45) is 0 Å². The third-order valence-electron chi connectivity index (χ3n) is 3.03. The lowest BCUT2D eigenvalue weighted by Crippen LogP contribution is -1.94. The second kappa shape index (κ2) is 5.21. The van der Waals surface area contributed by atoms with E-state index in [1.54, 1.807) is 19.2 Å². The summed E-state index contributed by atoms with van der Waals surface area (Å²) in [5.41, 5.74) is 2.01. The fourth-order valence-electron chi connectivity index (χ4n) is 1.98. The summed E-state index contributed by atoms with van der Waals surface area (Å²) in [6, 6.07) is 10.0. The maximum Gasteiger partial charge on any atom is 0.335 e. The molecule has 6 heteroatoms. The minimum absolute atomic E-state index is 0.179. The van der Waals surface area contributed by atoms with Crippen molar-refractivity contribution >= 4 is 33.0 Å². The number of fused-ring (bicyclic) bond motifs is 1. The molecule has 0 aliphatic rings. The number of carboxylic acid groups (broad SMARTS) is 1. The molecule has 1 N–H and O–H groups in total. The topological polar surface area (TPSA) is 72.6 Å². The molecule has 1 heterocycles. The summed E-state index contributed by atoms with van der Waals surface area (Å²) in [6.45, 7) is 0. The summed E-state index contributed by atoms with van der Waals surface area (Å²) < 4.78 is 11.6. The predicted molar refractivity (Wildman–Crippen MR) is 80.7 cm³/mol. The maximum atomic E-state index is 11.0. The van der Waals surface area contributed by atoms with Crippen LogP contribution in [0.5, 0.6) is 5.75 Å². The van der Waals surface area contributed by atoms with E-state index < -0.39 is 5.97 Å². The van der Waals surface area contributed by atoms with Crippen LogP contribution in [0, 0.1) is 0 Å². The third kappa shape index (κ3) is 2.50. The molecule has 1 aromatic heterocycles. The highest BCUT2D eigenvalue weighted by molar-refractivity contribution is 9.10. The number of rotatable bonds is 3. The fourth-order valence-corrected chi connectivity index (χ4v) is 2.52. The molecule has 0 radical (unpaired) electrons. The SMILES string of the molecule is COc1ccc(-c2nc3cc(C(=O)O)ccc3o2)cc1Br. The number of hydrogen-bond donors (Lipinski definition) is 1. The number of benzene rings is 2. The molecule has 3 aromatic rings. The van der Waals surface area contributed by atoms with Crippen LogP contribution in [0.4, 0.5) is 0 Å². The number of aromatic nitrogens is 1. The molecule has 106 valence electrons. The number of nitrogens with zero attached hydrogens (tertiary/aromatic N) is 1. The molecule has 5 nitrogen and oxygen atoms in total. The Hall–Kier alpha value is -2.34.